The number of hydrogen-bond acceptors (Lipinski definition) is 4. The third-order valence-corrected chi connectivity index (χ3v) is 7.90. The topological polar surface area (TPSA) is 25.4 Å². The Hall–Kier alpha value is -4.12. The first kappa shape index (κ1) is 22.1. The lowest BCUT2D eigenvalue weighted by atomic mass is 9.97. The standard InChI is InChI=1S/C32H21ClN2OS/c1-20-12-17-27(35-25-7-2-4-9-28(25)36-29-10-5-3-8-26(29)35)32-31(20)23(30-11-6-18-37-30)19-24(34-32)21-13-15-22(33)16-14-21/h2-19H,1H3. The molecule has 0 amide bonds. The minimum Gasteiger partial charge on any atom is -0.453 e. The van der Waals surface area contributed by atoms with Crippen LogP contribution in [0.3, 0.4) is 0 Å². The number of fused-ring (bicyclic) bond motifs is 3. The van der Waals surface area contributed by atoms with Crippen LogP contribution in [0.15, 0.2) is 109 Å². The van der Waals surface area contributed by atoms with Gasteiger partial charge in [0.1, 0.15) is 0 Å². The number of aryl methyl sites for hydroxylation is 1. The molecule has 0 N–H and O–H groups in total. The summed E-state index contributed by atoms with van der Waals surface area (Å²) in [5, 5.41) is 3.98. The van der Waals surface area contributed by atoms with Crippen molar-refractivity contribution in [2.75, 3.05) is 4.90 Å². The van der Waals surface area contributed by atoms with Gasteiger partial charge in [-0.15, -0.1) is 11.3 Å². The maximum atomic E-state index is 6.28. The highest BCUT2D eigenvalue weighted by atomic mass is 35.5. The van der Waals surface area contributed by atoms with Crippen molar-refractivity contribution in [1.29, 1.82) is 0 Å². The molecule has 37 heavy (non-hydrogen) atoms. The third-order valence-electron chi connectivity index (χ3n) is 6.75. The molecule has 0 bridgehead atoms. The molecule has 0 saturated carbocycles. The molecule has 0 fully saturated rings. The summed E-state index contributed by atoms with van der Waals surface area (Å²) in [5.41, 5.74) is 8.24. The van der Waals surface area contributed by atoms with Gasteiger partial charge in [0.05, 0.1) is 28.3 Å². The molecule has 6 aromatic rings. The van der Waals surface area contributed by atoms with E-state index in [0.29, 0.717) is 5.02 Å². The van der Waals surface area contributed by atoms with E-state index in [2.05, 4.69) is 59.7 Å². The van der Waals surface area contributed by atoms with Crippen LogP contribution in [-0.2, 0) is 0 Å². The van der Waals surface area contributed by atoms with Crippen LogP contribution in [0.2, 0.25) is 5.02 Å². The minimum absolute atomic E-state index is 0.709. The number of para-hydroxylation sites is 4. The van der Waals surface area contributed by atoms with Gasteiger partial charge < -0.3 is 9.64 Å². The van der Waals surface area contributed by atoms with Gasteiger partial charge in [-0.2, -0.15) is 0 Å². The Labute approximate surface area is 224 Å². The SMILES string of the molecule is Cc1ccc(N2c3ccccc3Oc3ccccc32)c2nc(-c3ccc(Cl)cc3)cc(-c3cccs3)c12. The predicted octanol–water partition coefficient (Wildman–Crippen LogP) is 10.2. The molecule has 0 saturated heterocycles. The lowest BCUT2D eigenvalue weighted by Gasteiger charge is -2.33. The number of rotatable bonds is 3. The molecule has 0 aliphatic carbocycles. The van der Waals surface area contributed by atoms with Crippen molar-refractivity contribution in [3.05, 3.63) is 119 Å². The van der Waals surface area contributed by atoms with Gasteiger partial charge in [0.15, 0.2) is 11.5 Å². The summed E-state index contributed by atoms with van der Waals surface area (Å²) in [7, 11) is 0. The number of thiophene rings is 1. The van der Waals surface area contributed by atoms with E-state index in [1.54, 1.807) is 11.3 Å². The molecule has 7 rings (SSSR count). The molecule has 2 aromatic heterocycles. The summed E-state index contributed by atoms with van der Waals surface area (Å²) in [4.78, 5) is 8.79. The first-order valence-corrected chi connectivity index (χ1v) is 13.3. The van der Waals surface area contributed by atoms with E-state index >= 15 is 0 Å². The highest BCUT2D eigenvalue weighted by Gasteiger charge is 2.28. The molecule has 178 valence electrons. The summed E-state index contributed by atoms with van der Waals surface area (Å²) >= 11 is 7.95. The Balaban J connectivity index is 1.57. The van der Waals surface area contributed by atoms with Crippen LogP contribution in [-0.4, -0.2) is 4.98 Å². The van der Waals surface area contributed by atoms with E-state index in [1.165, 1.54) is 16.0 Å². The molecule has 3 nitrogen and oxygen atoms in total. The van der Waals surface area contributed by atoms with Gasteiger partial charge in [0, 0.05) is 26.4 Å². The second kappa shape index (κ2) is 8.77. The first-order chi connectivity index (χ1) is 18.2. The Bertz CT molecular complexity index is 1730. The average molecular weight is 517 g/mol. The molecule has 5 heteroatoms. The van der Waals surface area contributed by atoms with Gasteiger partial charge in [-0.3, -0.25) is 0 Å². The average Bonchev–Trinajstić information content (AvgIpc) is 3.47. The van der Waals surface area contributed by atoms with E-state index in [-0.39, 0.29) is 0 Å². The zero-order chi connectivity index (χ0) is 24.9. The number of anilines is 3. The van der Waals surface area contributed by atoms with E-state index < -0.39 is 0 Å². The van der Waals surface area contributed by atoms with Crippen LogP contribution in [0, 0.1) is 6.92 Å². The normalized spacial score (nSPS) is 12.2. The van der Waals surface area contributed by atoms with Crippen molar-refractivity contribution in [2.24, 2.45) is 0 Å². The highest BCUT2D eigenvalue weighted by molar-refractivity contribution is 7.13. The lowest BCUT2D eigenvalue weighted by molar-refractivity contribution is 0.477. The quantitative estimate of drug-likeness (QED) is 0.233. The molecular formula is C32H21ClN2OS. The van der Waals surface area contributed by atoms with Gasteiger partial charge in [-0.1, -0.05) is 60.1 Å². The third kappa shape index (κ3) is 3.69. The summed E-state index contributed by atoms with van der Waals surface area (Å²) in [6, 6.07) is 35.1. The zero-order valence-electron chi connectivity index (χ0n) is 20.0. The smallest absolute Gasteiger partial charge is 0.151 e. The summed E-state index contributed by atoms with van der Waals surface area (Å²) in [6.45, 7) is 2.16. The molecule has 1 aliphatic heterocycles. The second-order valence-electron chi connectivity index (χ2n) is 9.04. The van der Waals surface area contributed by atoms with E-state index in [4.69, 9.17) is 21.3 Å². The van der Waals surface area contributed by atoms with Gasteiger partial charge in [0.2, 0.25) is 0 Å². The molecular weight excluding hydrogens is 496 g/mol. The fourth-order valence-electron chi connectivity index (χ4n) is 5.04. The zero-order valence-corrected chi connectivity index (χ0v) is 21.6. The lowest BCUT2D eigenvalue weighted by Crippen LogP contribution is -2.16. The van der Waals surface area contributed by atoms with Crippen LogP contribution in [0.1, 0.15) is 5.56 Å². The van der Waals surface area contributed by atoms with Gasteiger partial charge in [-0.05, 0) is 72.5 Å². The summed E-state index contributed by atoms with van der Waals surface area (Å²) in [6.07, 6.45) is 0. The Morgan fingerprint density at radius 1 is 0.757 bits per heavy atom. The number of aromatic nitrogens is 1. The van der Waals surface area contributed by atoms with E-state index in [9.17, 15) is 0 Å². The largest absolute Gasteiger partial charge is 0.453 e. The maximum Gasteiger partial charge on any atom is 0.151 e. The molecule has 1 aliphatic rings. The van der Waals surface area contributed by atoms with Gasteiger partial charge in [0.25, 0.3) is 0 Å². The minimum atomic E-state index is 0.709. The van der Waals surface area contributed by atoms with Crippen LogP contribution >= 0.6 is 22.9 Å². The fourth-order valence-corrected chi connectivity index (χ4v) is 5.91. The maximum absolute atomic E-state index is 6.28. The second-order valence-corrected chi connectivity index (χ2v) is 10.4. The number of hydrogen-bond donors (Lipinski definition) is 0. The first-order valence-electron chi connectivity index (χ1n) is 12.1. The van der Waals surface area contributed by atoms with Crippen molar-refractivity contribution in [3.8, 4) is 33.2 Å². The van der Waals surface area contributed by atoms with Crippen molar-refractivity contribution < 1.29 is 4.74 Å². The number of nitrogens with zero attached hydrogens (tertiary/aromatic N) is 2. The summed E-state index contributed by atoms with van der Waals surface area (Å²) < 4.78 is 6.28. The Kier molecular flexibility index (Phi) is 5.24. The van der Waals surface area contributed by atoms with Crippen LogP contribution in [0.4, 0.5) is 17.1 Å². The Morgan fingerprint density at radius 3 is 2.14 bits per heavy atom. The number of benzene rings is 4. The van der Waals surface area contributed by atoms with Crippen molar-refractivity contribution in [1.82, 2.24) is 4.98 Å². The number of ether oxygens (including phenoxy) is 1. The Morgan fingerprint density at radius 2 is 1.46 bits per heavy atom. The highest BCUT2D eigenvalue weighted by Crippen LogP contribution is 2.52. The molecule has 3 heterocycles. The van der Waals surface area contributed by atoms with Crippen molar-refractivity contribution in [3.63, 3.8) is 0 Å². The molecule has 0 spiro atoms. The molecule has 0 atom stereocenters. The number of pyridine rings is 1. The summed E-state index contributed by atoms with van der Waals surface area (Å²) in [5.74, 6) is 1.64. The molecule has 0 unspecified atom stereocenters. The van der Waals surface area contributed by atoms with Crippen LogP contribution in [0.25, 0.3) is 32.6 Å². The predicted molar refractivity (Wildman–Crippen MR) is 155 cm³/mol. The number of halogens is 1. The van der Waals surface area contributed by atoms with Crippen LogP contribution in [0.5, 0.6) is 11.5 Å². The van der Waals surface area contributed by atoms with Gasteiger partial charge >= 0.3 is 0 Å². The monoisotopic (exact) mass is 516 g/mol. The van der Waals surface area contributed by atoms with Crippen molar-refractivity contribution in [2.45, 2.75) is 6.92 Å². The van der Waals surface area contributed by atoms with Gasteiger partial charge in [-0.25, -0.2) is 4.98 Å². The van der Waals surface area contributed by atoms with E-state index in [1.807, 2.05) is 60.7 Å². The molecule has 0 radical (unpaired) electrons. The van der Waals surface area contributed by atoms with Crippen molar-refractivity contribution >= 4 is 50.9 Å². The fraction of sp³-hybridized carbons (Fsp3) is 0.0312. The molecule has 4 aromatic carbocycles. The van der Waals surface area contributed by atoms with E-state index in [0.717, 1.165) is 50.7 Å². The van der Waals surface area contributed by atoms with Crippen LogP contribution < -0.4 is 9.64 Å².